The average molecular weight is 226 g/mol. The summed E-state index contributed by atoms with van der Waals surface area (Å²) in [6.45, 7) is 4.17. The van der Waals surface area contributed by atoms with Crippen LogP contribution in [0.5, 0.6) is 0 Å². The zero-order valence-corrected chi connectivity index (χ0v) is 10.4. The predicted molar refractivity (Wildman–Crippen MR) is 71.1 cm³/mol. The molecular weight excluding hydrogens is 208 g/mol. The second kappa shape index (κ2) is 5.15. The van der Waals surface area contributed by atoms with Gasteiger partial charge >= 0.3 is 0 Å². The fourth-order valence-electron chi connectivity index (χ4n) is 1.97. The lowest BCUT2D eigenvalue weighted by atomic mass is 9.99. The molecule has 0 aliphatic carbocycles. The third-order valence-electron chi connectivity index (χ3n) is 3.06. The molecule has 0 bridgehead atoms. The molecule has 1 heteroatoms. The number of hydrogen-bond donors (Lipinski definition) is 1. The van der Waals surface area contributed by atoms with E-state index in [9.17, 15) is 5.11 Å². The highest BCUT2D eigenvalue weighted by Gasteiger charge is 2.09. The first-order valence-corrected chi connectivity index (χ1v) is 6.04. The van der Waals surface area contributed by atoms with Gasteiger partial charge in [-0.25, -0.2) is 0 Å². The molecular formula is C16H18O. The third-order valence-corrected chi connectivity index (χ3v) is 3.06. The van der Waals surface area contributed by atoms with Crippen LogP contribution in [-0.4, -0.2) is 5.11 Å². The minimum Gasteiger partial charge on any atom is -0.384 e. The highest BCUT2D eigenvalue weighted by Crippen LogP contribution is 2.22. The van der Waals surface area contributed by atoms with Crippen molar-refractivity contribution in [3.05, 3.63) is 70.8 Å². The lowest BCUT2D eigenvalue weighted by molar-refractivity contribution is 0.220. The Hall–Kier alpha value is -1.60. The van der Waals surface area contributed by atoms with Crippen LogP contribution in [0.2, 0.25) is 0 Å². The van der Waals surface area contributed by atoms with E-state index < -0.39 is 6.10 Å². The van der Waals surface area contributed by atoms with E-state index >= 15 is 0 Å². The molecule has 2 rings (SSSR count). The van der Waals surface area contributed by atoms with Gasteiger partial charge < -0.3 is 5.11 Å². The standard InChI is InChI=1S/C16H18O/c1-3-13-7-9-14(10-8-13)16(17)15-6-4-5-12(2)11-15/h4-11,16-17H,3H2,1-2H3. The maximum absolute atomic E-state index is 10.3. The average Bonchev–Trinajstić information content (AvgIpc) is 2.38. The third kappa shape index (κ3) is 2.75. The van der Waals surface area contributed by atoms with Crippen molar-refractivity contribution in [3.63, 3.8) is 0 Å². The Morgan fingerprint density at radius 3 is 2.29 bits per heavy atom. The van der Waals surface area contributed by atoms with Crippen LogP contribution in [0.1, 0.15) is 35.3 Å². The van der Waals surface area contributed by atoms with E-state index in [1.54, 1.807) is 0 Å². The van der Waals surface area contributed by atoms with Crippen molar-refractivity contribution in [2.45, 2.75) is 26.4 Å². The normalized spacial score (nSPS) is 12.4. The van der Waals surface area contributed by atoms with Gasteiger partial charge in [0.25, 0.3) is 0 Å². The van der Waals surface area contributed by atoms with E-state index in [0.29, 0.717) is 0 Å². The molecule has 1 nitrogen and oxygen atoms in total. The van der Waals surface area contributed by atoms with Crippen molar-refractivity contribution in [3.8, 4) is 0 Å². The molecule has 2 aromatic rings. The monoisotopic (exact) mass is 226 g/mol. The maximum Gasteiger partial charge on any atom is 0.104 e. The molecule has 0 heterocycles. The molecule has 0 aliphatic heterocycles. The minimum absolute atomic E-state index is 0.527. The number of aliphatic hydroxyl groups excluding tert-OH is 1. The van der Waals surface area contributed by atoms with Crippen molar-refractivity contribution in [2.24, 2.45) is 0 Å². The molecule has 17 heavy (non-hydrogen) atoms. The Bertz CT molecular complexity index is 485. The fraction of sp³-hybridized carbons (Fsp3) is 0.250. The molecule has 0 aliphatic rings. The molecule has 88 valence electrons. The summed E-state index contributed by atoms with van der Waals surface area (Å²) in [5.41, 5.74) is 4.37. The van der Waals surface area contributed by atoms with E-state index in [2.05, 4.69) is 19.1 Å². The van der Waals surface area contributed by atoms with Crippen LogP contribution in [0.15, 0.2) is 48.5 Å². The second-order valence-electron chi connectivity index (χ2n) is 4.41. The Balaban J connectivity index is 2.27. The molecule has 0 aromatic heterocycles. The SMILES string of the molecule is CCc1ccc(C(O)c2cccc(C)c2)cc1. The summed E-state index contributed by atoms with van der Waals surface area (Å²) in [4.78, 5) is 0. The summed E-state index contributed by atoms with van der Waals surface area (Å²) in [7, 11) is 0. The number of hydrogen-bond acceptors (Lipinski definition) is 1. The first-order valence-electron chi connectivity index (χ1n) is 6.04. The summed E-state index contributed by atoms with van der Waals surface area (Å²) < 4.78 is 0. The Morgan fingerprint density at radius 2 is 1.71 bits per heavy atom. The summed E-state index contributed by atoms with van der Waals surface area (Å²) in [5.74, 6) is 0. The topological polar surface area (TPSA) is 20.2 Å². The molecule has 0 saturated heterocycles. The van der Waals surface area contributed by atoms with Gasteiger partial charge in [0.05, 0.1) is 0 Å². The lowest BCUT2D eigenvalue weighted by Crippen LogP contribution is -1.99. The Morgan fingerprint density at radius 1 is 1.00 bits per heavy atom. The van der Waals surface area contributed by atoms with Crippen molar-refractivity contribution >= 4 is 0 Å². The largest absolute Gasteiger partial charge is 0.384 e. The summed E-state index contributed by atoms with van der Waals surface area (Å²) in [5, 5.41) is 10.3. The molecule has 1 atom stereocenters. The second-order valence-corrected chi connectivity index (χ2v) is 4.41. The number of rotatable bonds is 3. The van der Waals surface area contributed by atoms with E-state index in [4.69, 9.17) is 0 Å². The van der Waals surface area contributed by atoms with E-state index in [1.807, 2.05) is 43.3 Å². The first-order chi connectivity index (χ1) is 8.20. The number of benzene rings is 2. The maximum atomic E-state index is 10.3. The smallest absolute Gasteiger partial charge is 0.104 e. The zero-order chi connectivity index (χ0) is 12.3. The molecule has 0 saturated carbocycles. The van der Waals surface area contributed by atoms with E-state index in [-0.39, 0.29) is 0 Å². The van der Waals surface area contributed by atoms with Gasteiger partial charge in [-0.15, -0.1) is 0 Å². The van der Waals surface area contributed by atoms with Crippen LogP contribution >= 0.6 is 0 Å². The Kier molecular flexibility index (Phi) is 3.60. The van der Waals surface area contributed by atoms with Crippen LogP contribution in [-0.2, 0) is 6.42 Å². The predicted octanol–water partition coefficient (Wildman–Crippen LogP) is 3.64. The van der Waals surface area contributed by atoms with Crippen LogP contribution in [0.4, 0.5) is 0 Å². The van der Waals surface area contributed by atoms with Crippen LogP contribution in [0, 0.1) is 6.92 Å². The van der Waals surface area contributed by atoms with Gasteiger partial charge in [-0.3, -0.25) is 0 Å². The zero-order valence-electron chi connectivity index (χ0n) is 10.4. The molecule has 0 amide bonds. The van der Waals surface area contributed by atoms with Crippen LogP contribution < -0.4 is 0 Å². The Labute approximate surface area is 103 Å². The molecule has 0 radical (unpaired) electrons. The quantitative estimate of drug-likeness (QED) is 0.847. The van der Waals surface area contributed by atoms with Gasteiger partial charge in [0.1, 0.15) is 6.10 Å². The van der Waals surface area contributed by atoms with Crippen molar-refractivity contribution < 1.29 is 5.11 Å². The molecule has 2 aromatic carbocycles. The van der Waals surface area contributed by atoms with Gasteiger partial charge in [-0.05, 0) is 30.0 Å². The van der Waals surface area contributed by atoms with Crippen LogP contribution in [0.25, 0.3) is 0 Å². The molecule has 0 fully saturated rings. The van der Waals surface area contributed by atoms with Gasteiger partial charge in [-0.2, -0.15) is 0 Å². The van der Waals surface area contributed by atoms with Gasteiger partial charge in [-0.1, -0.05) is 61.0 Å². The van der Waals surface area contributed by atoms with Crippen LogP contribution in [0.3, 0.4) is 0 Å². The van der Waals surface area contributed by atoms with E-state index in [0.717, 1.165) is 17.5 Å². The number of aryl methyl sites for hydroxylation is 2. The van der Waals surface area contributed by atoms with Gasteiger partial charge in [0.15, 0.2) is 0 Å². The fourth-order valence-corrected chi connectivity index (χ4v) is 1.97. The summed E-state index contributed by atoms with van der Waals surface area (Å²) >= 11 is 0. The van der Waals surface area contributed by atoms with Gasteiger partial charge in [0.2, 0.25) is 0 Å². The molecule has 1 unspecified atom stereocenters. The van der Waals surface area contributed by atoms with Gasteiger partial charge in [0, 0.05) is 0 Å². The minimum atomic E-state index is -0.527. The summed E-state index contributed by atoms with van der Waals surface area (Å²) in [6.07, 6.45) is 0.502. The molecule has 1 N–H and O–H groups in total. The number of aliphatic hydroxyl groups is 1. The first kappa shape index (κ1) is 11.9. The highest BCUT2D eigenvalue weighted by molar-refractivity contribution is 5.33. The van der Waals surface area contributed by atoms with E-state index in [1.165, 1.54) is 11.1 Å². The van der Waals surface area contributed by atoms with Crippen molar-refractivity contribution in [1.29, 1.82) is 0 Å². The summed E-state index contributed by atoms with van der Waals surface area (Å²) in [6, 6.07) is 16.2. The lowest BCUT2D eigenvalue weighted by Gasteiger charge is -2.12. The van der Waals surface area contributed by atoms with Crippen molar-refractivity contribution in [1.82, 2.24) is 0 Å². The highest BCUT2D eigenvalue weighted by atomic mass is 16.3. The molecule has 0 spiro atoms. The van der Waals surface area contributed by atoms with Crippen molar-refractivity contribution in [2.75, 3.05) is 0 Å².